The van der Waals surface area contributed by atoms with Crippen molar-refractivity contribution in [3.63, 3.8) is 0 Å². The highest BCUT2D eigenvalue weighted by Crippen LogP contribution is 2.16. The molecule has 0 aliphatic carbocycles. The van der Waals surface area contributed by atoms with Crippen molar-refractivity contribution >= 4 is 6.03 Å². The molecule has 0 saturated heterocycles. The summed E-state index contributed by atoms with van der Waals surface area (Å²) < 4.78 is 40.7. The minimum absolute atomic E-state index is 0.109. The number of hydrogen-bond donors (Lipinski definition) is 2. The average Bonchev–Trinajstić information content (AvgIpc) is 2.61. The third-order valence-corrected chi connectivity index (χ3v) is 3.66. The summed E-state index contributed by atoms with van der Waals surface area (Å²) in [7, 11) is 0. The molecule has 0 radical (unpaired) electrons. The summed E-state index contributed by atoms with van der Waals surface area (Å²) in [4.78, 5) is 12.0. The van der Waals surface area contributed by atoms with Crippen LogP contribution in [-0.4, -0.2) is 18.8 Å². The molecule has 2 aromatic rings. The van der Waals surface area contributed by atoms with Gasteiger partial charge in [0.1, 0.15) is 6.61 Å². The van der Waals surface area contributed by atoms with E-state index in [9.17, 15) is 18.0 Å². The van der Waals surface area contributed by atoms with Crippen molar-refractivity contribution < 1.29 is 22.7 Å². The molecule has 0 aromatic heterocycles. The summed E-state index contributed by atoms with van der Waals surface area (Å²) in [5, 5.41) is 5.60. The summed E-state index contributed by atoms with van der Waals surface area (Å²) in [5.41, 5.74) is 2.48. The first-order valence-electron chi connectivity index (χ1n) is 8.15. The number of alkyl halides is 3. The lowest BCUT2D eigenvalue weighted by molar-refractivity contribution is -0.176. The third kappa shape index (κ3) is 7.14. The van der Waals surface area contributed by atoms with E-state index in [1.165, 1.54) is 0 Å². The van der Waals surface area contributed by atoms with Gasteiger partial charge in [0.2, 0.25) is 0 Å². The first kappa shape index (κ1) is 19.8. The molecular weight excluding hydrogens is 345 g/mol. The molecule has 2 amide bonds. The molecule has 1 unspecified atom stereocenters. The number of urea groups is 1. The summed E-state index contributed by atoms with van der Waals surface area (Å²) in [6, 6.07) is 16.0. The van der Waals surface area contributed by atoms with Gasteiger partial charge in [-0.1, -0.05) is 54.6 Å². The van der Waals surface area contributed by atoms with Crippen molar-refractivity contribution in [3.8, 4) is 0 Å². The van der Waals surface area contributed by atoms with Crippen LogP contribution in [0.1, 0.15) is 29.7 Å². The van der Waals surface area contributed by atoms with Gasteiger partial charge < -0.3 is 15.4 Å². The fourth-order valence-corrected chi connectivity index (χ4v) is 2.29. The van der Waals surface area contributed by atoms with Crippen LogP contribution in [0.4, 0.5) is 18.0 Å². The first-order valence-corrected chi connectivity index (χ1v) is 8.15. The van der Waals surface area contributed by atoms with Gasteiger partial charge in [0.05, 0.1) is 12.6 Å². The van der Waals surface area contributed by atoms with E-state index < -0.39 is 12.8 Å². The van der Waals surface area contributed by atoms with Gasteiger partial charge in [0.15, 0.2) is 0 Å². The minimum Gasteiger partial charge on any atom is -0.367 e. The van der Waals surface area contributed by atoms with Crippen molar-refractivity contribution in [2.45, 2.75) is 32.3 Å². The molecule has 0 spiro atoms. The van der Waals surface area contributed by atoms with Crippen molar-refractivity contribution in [2.24, 2.45) is 0 Å². The largest absolute Gasteiger partial charge is 0.411 e. The monoisotopic (exact) mass is 366 g/mol. The Balaban J connectivity index is 1.74. The Hall–Kier alpha value is -2.54. The van der Waals surface area contributed by atoms with Gasteiger partial charge in [-0.25, -0.2) is 4.79 Å². The van der Waals surface area contributed by atoms with E-state index in [-0.39, 0.29) is 18.7 Å². The number of amides is 2. The third-order valence-electron chi connectivity index (χ3n) is 3.66. The highest BCUT2D eigenvalue weighted by molar-refractivity contribution is 5.74. The molecule has 7 heteroatoms. The zero-order valence-electron chi connectivity index (χ0n) is 14.3. The number of ether oxygens (including phenoxy) is 1. The molecule has 0 aliphatic heterocycles. The molecule has 2 aromatic carbocycles. The molecule has 4 nitrogen and oxygen atoms in total. The Morgan fingerprint density at radius 1 is 1.04 bits per heavy atom. The van der Waals surface area contributed by atoms with E-state index in [0.717, 1.165) is 11.1 Å². The van der Waals surface area contributed by atoms with Crippen LogP contribution < -0.4 is 10.6 Å². The predicted octanol–water partition coefficient (Wildman–Crippen LogP) is 4.33. The Kier molecular flexibility index (Phi) is 7.03. The van der Waals surface area contributed by atoms with E-state index >= 15 is 0 Å². The van der Waals surface area contributed by atoms with Crippen molar-refractivity contribution in [3.05, 3.63) is 71.3 Å². The molecule has 0 fully saturated rings. The van der Waals surface area contributed by atoms with Gasteiger partial charge in [-0.2, -0.15) is 13.2 Å². The highest BCUT2D eigenvalue weighted by atomic mass is 19.4. The van der Waals surface area contributed by atoms with Gasteiger partial charge in [-0.3, -0.25) is 0 Å². The summed E-state index contributed by atoms with van der Waals surface area (Å²) in [5.74, 6) is 0. The second-order valence-electron chi connectivity index (χ2n) is 5.88. The standard InChI is InChI=1S/C19H21F3N2O2/c1-14(17-5-3-2-4-6-17)24-18(25)23-11-15-7-9-16(10-8-15)12-26-13-19(20,21)22/h2-10,14H,11-13H2,1H3,(H2,23,24,25). The Morgan fingerprint density at radius 3 is 2.27 bits per heavy atom. The highest BCUT2D eigenvalue weighted by Gasteiger charge is 2.27. The summed E-state index contributed by atoms with van der Waals surface area (Å²) in [6.45, 7) is 0.833. The van der Waals surface area contributed by atoms with Crippen molar-refractivity contribution in [2.75, 3.05) is 6.61 Å². The van der Waals surface area contributed by atoms with E-state index in [1.807, 2.05) is 37.3 Å². The van der Waals surface area contributed by atoms with E-state index in [1.54, 1.807) is 24.3 Å². The quantitative estimate of drug-likeness (QED) is 0.766. The molecule has 0 saturated carbocycles. The van der Waals surface area contributed by atoms with Crippen LogP contribution in [0.5, 0.6) is 0 Å². The van der Waals surface area contributed by atoms with Crippen LogP contribution in [0.25, 0.3) is 0 Å². The maximum Gasteiger partial charge on any atom is 0.411 e. The molecule has 2 N–H and O–H groups in total. The SMILES string of the molecule is CC(NC(=O)NCc1ccc(COCC(F)(F)F)cc1)c1ccccc1. The lowest BCUT2D eigenvalue weighted by Crippen LogP contribution is -2.36. The molecule has 0 bridgehead atoms. The van der Waals surface area contributed by atoms with Crippen molar-refractivity contribution in [1.82, 2.24) is 10.6 Å². The number of rotatable bonds is 7. The topological polar surface area (TPSA) is 50.4 Å². The minimum atomic E-state index is -4.33. The number of carbonyl (C=O) groups excluding carboxylic acids is 1. The second kappa shape index (κ2) is 9.24. The maximum absolute atomic E-state index is 12.0. The average molecular weight is 366 g/mol. The Bertz CT molecular complexity index is 688. The summed E-state index contributed by atoms with van der Waals surface area (Å²) >= 11 is 0. The van der Waals surface area contributed by atoms with Gasteiger partial charge in [0, 0.05) is 6.54 Å². The van der Waals surface area contributed by atoms with Crippen LogP contribution in [0.3, 0.4) is 0 Å². The van der Waals surface area contributed by atoms with Crippen LogP contribution in [0.15, 0.2) is 54.6 Å². The van der Waals surface area contributed by atoms with E-state index in [2.05, 4.69) is 15.4 Å². The maximum atomic E-state index is 12.0. The van der Waals surface area contributed by atoms with Crippen LogP contribution in [0, 0.1) is 0 Å². The first-order chi connectivity index (χ1) is 12.3. The molecule has 2 rings (SSSR count). The molecular formula is C19H21F3N2O2. The number of hydrogen-bond acceptors (Lipinski definition) is 2. The molecule has 0 aliphatic rings. The predicted molar refractivity (Wildman–Crippen MR) is 92.4 cm³/mol. The van der Waals surface area contributed by atoms with Crippen LogP contribution >= 0.6 is 0 Å². The van der Waals surface area contributed by atoms with Gasteiger partial charge in [0.25, 0.3) is 0 Å². The van der Waals surface area contributed by atoms with Crippen LogP contribution in [-0.2, 0) is 17.9 Å². The van der Waals surface area contributed by atoms with Gasteiger partial charge in [-0.05, 0) is 23.6 Å². The second-order valence-corrected chi connectivity index (χ2v) is 5.88. The van der Waals surface area contributed by atoms with Crippen molar-refractivity contribution in [1.29, 1.82) is 0 Å². The molecule has 1 atom stereocenters. The van der Waals surface area contributed by atoms with E-state index in [0.29, 0.717) is 12.1 Å². The van der Waals surface area contributed by atoms with Gasteiger partial charge in [-0.15, -0.1) is 0 Å². The fraction of sp³-hybridized carbons (Fsp3) is 0.316. The van der Waals surface area contributed by atoms with Crippen LogP contribution in [0.2, 0.25) is 0 Å². The lowest BCUT2D eigenvalue weighted by Gasteiger charge is -2.15. The zero-order valence-corrected chi connectivity index (χ0v) is 14.3. The number of carbonyl (C=O) groups is 1. The number of nitrogens with one attached hydrogen (secondary N) is 2. The Labute approximate surface area is 150 Å². The fourth-order valence-electron chi connectivity index (χ4n) is 2.29. The van der Waals surface area contributed by atoms with E-state index in [4.69, 9.17) is 0 Å². The lowest BCUT2D eigenvalue weighted by atomic mass is 10.1. The number of halogens is 3. The normalized spacial score (nSPS) is 12.5. The molecule has 0 heterocycles. The molecule has 26 heavy (non-hydrogen) atoms. The molecule has 140 valence electrons. The van der Waals surface area contributed by atoms with Gasteiger partial charge >= 0.3 is 12.2 Å². The Morgan fingerprint density at radius 2 is 1.65 bits per heavy atom. The number of benzene rings is 2. The smallest absolute Gasteiger partial charge is 0.367 e. The summed E-state index contributed by atoms with van der Waals surface area (Å²) in [6.07, 6.45) is -4.33. The zero-order chi connectivity index (χ0) is 19.0.